The molecule has 0 N–H and O–H groups in total. The van der Waals surface area contributed by atoms with E-state index in [2.05, 4.69) is 11.1 Å². The SMILES string of the molecule is N#Cc1csc(C23CC4CC(CC(C4)C2)C3)n1. The fourth-order valence-corrected chi connectivity index (χ4v) is 5.92. The van der Waals surface area contributed by atoms with Crippen LogP contribution in [-0.4, -0.2) is 4.98 Å². The Morgan fingerprint density at radius 3 is 2.24 bits per heavy atom. The number of aromatic nitrogens is 1. The monoisotopic (exact) mass is 244 g/mol. The van der Waals surface area contributed by atoms with E-state index in [1.807, 2.05) is 5.38 Å². The van der Waals surface area contributed by atoms with Crippen LogP contribution in [0.4, 0.5) is 0 Å². The van der Waals surface area contributed by atoms with Crippen molar-refractivity contribution in [3.63, 3.8) is 0 Å². The van der Waals surface area contributed by atoms with Crippen molar-refractivity contribution in [1.29, 1.82) is 5.26 Å². The number of hydrogen-bond acceptors (Lipinski definition) is 3. The summed E-state index contributed by atoms with van der Waals surface area (Å²) in [6.07, 6.45) is 8.44. The number of nitriles is 1. The van der Waals surface area contributed by atoms with Gasteiger partial charge in [0.05, 0.1) is 0 Å². The Morgan fingerprint density at radius 1 is 1.18 bits per heavy atom. The van der Waals surface area contributed by atoms with Gasteiger partial charge in [-0.05, 0) is 56.3 Å². The third kappa shape index (κ3) is 1.40. The first-order valence-electron chi connectivity index (χ1n) is 6.63. The third-order valence-electron chi connectivity index (χ3n) is 5.11. The van der Waals surface area contributed by atoms with E-state index in [1.54, 1.807) is 11.3 Å². The maximum absolute atomic E-state index is 8.93. The number of hydrogen-bond donors (Lipinski definition) is 0. The average molecular weight is 244 g/mol. The average Bonchev–Trinajstić information content (AvgIpc) is 2.76. The molecule has 0 atom stereocenters. The summed E-state index contributed by atoms with van der Waals surface area (Å²) >= 11 is 1.73. The molecule has 4 aliphatic rings. The Balaban J connectivity index is 1.75. The minimum atomic E-state index is 0.370. The van der Waals surface area contributed by atoms with Crippen molar-refractivity contribution >= 4 is 11.3 Å². The Labute approximate surface area is 106 Å². The zero-order valence-electron chi connectivity index (χ0n) is 9.85. The highest BCUT2D eigenvalue weighted by atomic mass is 32.1. The van der Waals surface area contributed by atoms with Crippen LogP contribution in [0.25, 0.3) is 0 Å². The molecule has 4 bridgehead atoms. The topological polar surface area (TPSA) is 36.7 Å². The van der Waals surface area contributed by atoms with E-state index in [0.717, 1.165) is 17.8 Å². The Kier molecular flexibility index (Phi) is 1.97. The maximum atomic E-state index is 8.93. The molecule has 0 saturated heterocycles. The lowest BCUT2D eigenvalue weighted by Crippen LogP contribution is -2.48. The van der Waals surface area contributed by atoms with Gasteiger partial charge in [-0.2, -0.15) is 5.26 Å². The lowest BCUT2D eigenvalue weighted by molar-refractivity contribution is -0.00529. The van der Waals surface area contributed by atoms with Gasteiger partial charge in [-0.3, -0.25) is 0 Å². The Morgan fingerprint density at radius 2 is 1.76 bits per heavy atom. The summed E-state index contributed by atoms with van der Waals surface area (Å²) in [5, 5.41) is 12.1. The van der Waals surface area contributed by atoms with Gasteiger partial charge >= 0.3 is 0 Å². The first kappa shape index (κ1) is 10.1. The molecule has 1 heterocycles. The standard InChI is InChI=1S/C14H16N2S/c15-7-12-8-17-13(16-12)14-4-9-1-10(5-14)3-11(2-9)6-14/h8-11H,1-6H2. The molecule has 2 nitrogen and oxygen atoms in total. The summed E-state index contributed by atoms with van der Waals surface area (Å²) in [6, 6.07) is 2.18. The van der Waals surface area contributed by atoms with Gasteiger partial charge in [0.2, 0.25) is 0 Å². The summed E-state index contributed by atoms with van der Waals surface area (Å²) in [5.41, 5.74) is 0.995. The molecule has 5 rings (SSSR count). The summed E-state index contributed by atoms with van der Waals surface area (Å²) < 4.78 is 0. The molecular weight excluding hydrogens is 228 g/mol. The largest absolute Gasteiger partial charge is 0.230 e. The van der Waals surface area contributed by atoms with Crippen LogP contribution >= 0.6 is 11.3 Å². The van der Waals surface area contributed by atoms with E-state index < -0.39 is 0 Å². The highest BCUT2D eigenvalue weighted by molar-refractivity contribution is 7.09. The zero-order valence-corrected chi connectivity index (χ0v) is 10.7. The van der Waals surface area contributed by atoms with Crippen LogP contribution < -0.4 is 0 Å². The van der Waals surface area contributed by atoms with Crippen molar-refractivity contribution in [2.45, 2.75) is 43.9 Å². The third-order valence-corrected chi connectivity index (χ3v) is 6.20. The normalized spacial score (nSPS) is 42.6. The van der Waals surface area contributed by atoms with E-state index >= 15 is 0 Å². The van der Waals surface area contributed by atoms with Gasteiger partial charge in [0.15, 0.2) is 5.69 Å². The van der Waals surface area contributed by atoms with E-state index in [4.69, 9.17) is 5.26 Å². The molecule has 0 unspecified atom stereocenters. The fourth-order valence-electron chi connectivity index (χ4n) is 4.94. The van der Waals surface area contributed by atoms with Gasteiger partial charge < -0.3 is 0 Å². The summed E-state index contributed by atoms with van der Waals surface area (Å²) in [6.45, 7) is 0. The fraction of sp³-hybridized carbons (Fsp3) is 0.714. The van der Waals surface area contributed by atoms with Crippen molar-refractivity contribution in [3.8, 4) is 6.07 Å². The second kappa shape index (κ2) is 3.32. The number of nitrogens with zero attached hydrogens (tertiary/aromatic N) is 2. The molecule has 0 aliphatic heterocycles. The van der Waals surface area contributed by atoms with Crippen LogP contribution in [0.3, 0.4) is 0 Å². The summed E-state index contributed by atoms with van der Waals surface area (Å²) in [7, 11) is 0. The minimum absolute atomic E-state index is 0.370. The molecule has 0 spiro atoms. The lowest BCUT2D eigenvalue weighted by atomic mass is 9.50. The molecule has 17 heavy (non-hydrogen) atoms. The van der Waals surface area contributed by atoms with E-state index in [0.29, 0.717) is 11.1 Å². The van der Waals surface area contributed by atoms with Gasteiger partial charge in [0, 0.05) is 10.8 Å². The van der Waals surface area contributed by atoms with Gasteiger partial charge in [0.25, 0.3) is 0 Å². The van der Waals surface area contributed by atoms with E-state index in [1.165, 1.54) is 43.5 Å². The smallest absolute Gasteiger partial charge is 0.151 e. The minimum Gasteiger partial charge on any atom is -0.230 e. The van der Waals surface area contributed by atoms with Crippen molar-refractivity contribution in [3.05, 3.63) is 16.1 Å². The van der Waals surface area contributed by atoms with E-state index in [-0.39, 0.29) is 0 Å². The van der Waals surface area contributed by atoms with Gasteiger partial charge in [-0.1, -0.05) is 0 Å². The maximum Gasteiger partial charge on any atom is 0.151 e. The second-order valence-corrected chi connectivity index (χ2v) is 7.21. The highest BCUT2D eigenvalue weighted by Gasteiger charge is 2.52. The number of rotatable bonds is 1. The second-order valence-electron chi connectivity index (χ2n) is 6.35. The predicted molar refractivity (Wildman–Crippen MR) is 66.7 cm³/mol. The molecule has 88 valence electrons. The molecule has 1 aromatic heterocycles. The van der Waals surface area contributed by atoms with Crippen LogP contribution in [-0.2, 0) is 5.41 Å². The molecule has 1 aromatic rings. The Bertz CT molecular complexity index is 461. The molecule has 0 amide bonds. The first-order valence-corrected chi connectivity index (χ1v) is 7.51. The van der Waals surface area contributed by atoms with Crippen LogP contribution in [0, 0.1) is 29.1 Å². The molecule has 3 heteroatoms. The van der Waals surface area contributed by atoms with E-state index in [9.17, 15) is 0 Å². The predicted octanol–water partition coefficient (Wildman–Crippen LogP) is 3.48. The zero-order chi connectivity index (χ0) is 11.5. The summed E-state index contributed by atoms with van der Waals surface area (Å²) in [4.78, 5) is 4.58. The molecule has 4 fully saturated rings. The molecule has 4 saturated carbocycles. The highest BCUT2D eigenvalue weighted by Crippen LogP contribution is 2.60. The van der Waals surface area contributed by atoms with Crippen LogP contribution in [0.15, 0.2) is 5.38 Å². The Hall–Kier alpha value is -0.880. The molecule has 0 radical (unpaired) electrons. The van der Waals surface area contributed by atoms with Crippen molar-refractivity contribution in [2.75, 3.05) is 0 Å². The summed E-state index contributed by atoms with van der Waals surface area (Å²) in [5.74, 6) is 2.86. The van der Waals surface area contributed by atoms with Crippen molar-refractivity contribution in [1.82, 2.24) is 4.98 Å². The van der Waals surface area contributed by atoms with Crippen LogP contribution in [0.2, 0.25) is 0 Å². The van der Waals surface area contributed by atoms with Gasteiger partial charge in [-0.25, -0.2) is 4.98 Å². The quantitative estimate of drug-likeness (QED) is 0.758. The molecule has 4 aliphatic carbocycles. The van der Waals surface area contributed by atoms with Gasteiger partial charge in [0.1, 0.15) is 11.1 Å². The first-order chi connectivity index (χ1) is 8.27. The lowest BCUT2D eigenvalue weighted by Gasteiger charge is -2.56. The molecule has 0 aromatic carbocycles. The van der Waals surface area contributed by atoms with Crippen LogP contribution in [0.5, 0.6) is 0 Å². The van der Waals surface area contributed by atoms with Crippen LogP contribution in [0.1, 0.15) is 49.2 Å². The molecular formula is C14H16N2S. The number of thiazole rings is 1. The van der Waals surface area contributed by atoms with Crippen molar-refractivity contribution in [2.24, 2.45) is 17.8 Å². The van der Waals surface area contributed by atoms with Crippen molar-refractivity contribution < 1.29 is 0 Å². The van der Waals surface area contributed by atoms with Gasteiger partial charge in [-0.15, -0.1) is 11.3 Å².